The number of hydrogen-bond acceptors (Lipinski definition) is 3. The van der Waals surface area contributed by atoms with Gasteiger partial charge in [0.25, 0.3) is 0 Å². The fourth-order valence-electron chi connectivity index (χ4n) is 1.10. The first-order valence-corrected chi connectivity index (χ1v) is 6.85. The van der Waals surface area contributed by atoms with Gasteiger partial charge in [-0.2, -0.15) is 0 Å². The van der Waals surface area contributed by atoms with Crippen LogP contribution in [0.4, 0.5) is 4.39 Å². The van der Waals surface area contributed by atoms with E-state index < -0.39 is 15.8 Å². The van der Waals surface area contributed by atoms with Crippen LogP contribution in [-0.2, 0) is 10.0 Å². The van der Waals surface area contributed by atoms with E-state index in [0.29, 0.717) is 0 Å². The molecular weight excluding hydrogens is 267 g/mol. The second-order valence-corrected chi connectivity index (χ2v) is 5.76. The van der Waals surface area contributed by atoms with Crippen molar-refractivity contribution in [1.29, 1.82) is 0 Å². The fourth-order valence-corrected chi connectivity index (χ4v) is 2.74. The van der Waals surface area contributed by atoms with Crippen molar-refractivity contribution < 1.29 is 12.8 Å². The number of sulfonamides is 1. The molecule has 0 aromatic heterocycles. The lowest BCUT2D eigenvalue weighted by Gasteiger charge is -2.12. The van der Waals surface area contributed by atoms with E-state index in [4.69, 9.17) is 11.6 Å². The van der Waals surface area contributed by atoms with E-state index >= 15 is 0 Å². The lowest BCUT2D eigenvalue weighted by Crippen LogP contribution is -2.37. The van der Waals surface area contributed by atoms with Crippen LogP contribution in [0.1, 0.15) is 6.92 Å². The molecule has 0 heterocycles. The summed E-state index contributed by atoms with van der Waals surface area (Å²) in [6.07, 6.45) is 0. The molecule has 0 saturated heterocycles. The minimum absolute atomic E-state index is 0.00369. The number of halogens is 2. The minimum Gasteiger partial charge on any atom is -0.316 e. The lowest BCUT2D eigenvalue weighted by atomic mass is 10.3. The Morgan fingerprint density at radius 2 is 2.12 bits per heavy atom. The van der Waals surface area contributed by atoms with Crippen LogP contribution < -0.4 is 10.0 Å². The van der Waals surface area contributed by atoms with Crippen molar-refractivity contribution >= 4 is 21.6 Å². The molecule has 0 saturated carbocycles. The summed E-state index contributed by atoms with van der Waals surface area (Å²) in [6.45, 7) is 2.02. The first-order chi connectivity index (χ1) is 7.86. The van der Waals surface area contributed by atoms with Crippen LogP contribution in [0.25, 0.3) is 0 Å². The summed E-state index contributed by atoms with van der Waals surface area (Å²) in [4.78, 5) is -0.248. The van der Waals surface area contributed by atoms with E-state index in [1.54, 1.807) is 7.05 Å². The molecule has 1 aromatic carbocycles. The van der Waals surface area contributed by atoms with Gasteiger partial charge >= 0.3 is 0 Å². The SMILES string of the molecule is CNC(C)CNS(=O)(=O)c1cc(F)ccc1Cl. The van der Waals surface area contributed by atoms with E-state index in [1.165, 1.54) is 6.07 Å². The average Bonchev–Trinajstić information content (AvgIpc) is 2.29. The number of likely N-dealkylation sites (N-methyl/N-ethyl adjacent to an activating group) is 1. The van der Waals surface area contributed by atoms with Gasteiger partial charge in [0, 0.05) is 12.6 Å². The quantitative estimate of drug-likeness (QED) is 0.856. The molecule has 2 N–H and O–H groups in total. The molecule has 0 aliphatic carbocycles. The maximum Gasteiger partial charge on any atom is 0.242 e. The molecule has 0 aliphatic rings. The average molecular weight is 281 g/mol. The van der Waals surface area contributed by atoms with Gasteiger partial charge < -0.3 is 5.32 Å². The summed E-state index contributed by atoms with van der Waals surface area (Å²) < 4.78 is 39.0. The van der Waals surface area contributed by atoms with Crippen molar-refractivity contribution in [3.05, 3.63) is 29.0 Å². The van der Waals surface area contributed by atoms with Crippen LogP contribution in [0, 0.1) is 5.82 Å². The van der Waals surface area contributed by atoms with Gasteiger partial charge in [0.2, 0.25) is 10.0 Å². The number of benzene rings is 1. The van der Waals surface area contributed by atoms with Gasteiger partial charge in [0.15, 0.2) is 0 Å². The smallest absolute Gasteiger partial charge is 0.242 e. The van der Waals surface area contributed by atoms with Crippen molar-refractivity contribution in [1.82, 2.24) is 10.0 Å². The lowest BCUT2D eigenvalue weighted by molar-refractivity contribution is 0.552. The van der Waals surface area contributed by atoms with E-state index in [2.05, 4.69) is 10.0 Å². The van der Waals surface area contributed by atoms with E-state index in [9.17, 15) is 12.8 Å². The summed E-state index contributed by atoms with van der Waals surface area (Å²) in [6, 6.07) is 3.19. The van der Waals surface area contributed by atoms with Crippen molar-refractivity contribution in [2.45, 2.75) is 17.9 Å². The number of nitrogens with one attached hydrogen (secondary N) is 2. The molecule has 0 radical (unpaired) electrons. The standard InChI is InChI=1S/C10H14ClFN2O2S/c1-7(13-2)6-14-17(15,16)10-5-8(12)3-4-9(10)11/h3-5,7,13-14H,6H2,1-2H3. The molecule has 17 heavy (non-hydrogen) atoms. The van der Waals surface area contributed by atoms with Gasteiger partial charge in [0.05, 0.1) is 5.02 Å². The molecule has 4 nitrogen and oxygen atoms in total. The van der Waals surface area contributed by atoms with Crippen LogP contribution in [0.2, 0.25) is 5.02 Å². The second kappa shape index (κ2) is 5.77. The summed E-state index contributed by atoms with van der Waals surface area (Å²) >= 11 is 5.73. The molecule has 1 rings (SSSR count). The molecule has 0 spiro atoms. The Hall–Kier alpha value is -0.690. The summed E-state index contributed by atoms with van der Waals surface area (Å²) in [5.74, 6) is -0.642. The third-order valence-corrected chi connectivity index (χ3v) is 4.16. The van der Waals surface area contributed by atoms with E-state index in [-0.39, 0.29) is 22.5 Å². The Balaban J connectivity index is 2.93. The van der Waals surface area contributed by atoms with Crippen molar-refractivity contribution in [3.8, 4) is 0 Å². The maximum absolute atomic E-state index is 13.0. The van der Waals surface area contributed by atoms with Crippen molar-refractivity contribution in [2.24, 2.45) is 0 Å². The molecule has 0 bridgehead atoms. The van der Waals surface area contributed by atoms with Crippen LogP contribution in [0.3, 0.4) is 0 Å². The minimum atomic E-state index is -3.78. The molecule has 0 aliphatic heterocycles. The van der Waals surface area contributed by atoms with E-state index in [0.717, 1.165) is 12.1 Å². The zero-order chi connectivity index (χ0) is 13.1. The summed E-state index contributed by atoms with van der Waals surface area (Å²) in [7, 11) is -2.06. The highest BCUT2D eigenvalue weighted by Gasteiger charge is 2.18. The first-order valence-electron chi connectivity index (χ1n) is 4.99. The number of hydrogen-bond donors (Lipinski definition) is 2. The van der Waals surface area contributed by atoms with Crippen LogP contribution in [-0.4, -0.2) is 28.1 Å². The summed E-state index contributed by atoms with van der Waals surface area (Å²) in [5.41, 5.74) is 0. The Kier molecular flexibility index (Phi) is 4.88. The van der Waals surface area contributed by atoms with Crippen molar-refractivity contribution in [3.63, 3.8) is 0 Å². The highest BCUT2D eigenvalue weighted by atomic mass is 35.5. The molecular formula is C10H14ClFN2O2S. The third-order valence-electron chi connectivity index (χ3n) is 2.26. The molecule has 1 atom stereocenters. The molecule has 0 amide bonds. The molecule has 7 heteroatoms. The van der Waals surface area contributed by atoms with Gasteiger partial charge in [-0.1, -0.05) is 11.6 Å². The molecule has 96 valence electrons. The Bertz CT molecular complexity index is 493. The van der Waals surface area contributed by atoms with Gasteiger partial charge in [0.1, 0.15) is 10.7 Å². The van der Waals surface area contributed by atoms with Gasteiger partial charge in [-0.25, -0.2) is 17.5 Å². The molecule has 1 aromatic rings. The van der Waals surface area contributed by atoms with E-state index in [1.807, 2.05) is 6.92 Å². The van der Waals surface area contributed by atoms with Gasteiger partial charge in [-0.05, 0) is 32.2 Å². The first kappa shape index (κ1) is 14.4. The van der Waals surface area contributed by atoms with Crippen molar-refractivity contribution in [2.75, 3.05) is 13.6 Å². The zero-order valence-corrected chi connectivity index (χ0v) is 11.1. The largest absolute Gasteiger partial charge is 0.316 e. The van der Waals surface area contributed by atoms with Gasteiger partial charge in [-0.15, -0.1) is 0 Å². The molecule has 1 unspecified atom stereocenters. The Morgan fingerprint density at radius 3 is 2.71 bits per heavy atom. The Morgan fingerprint density at radius 1 is 1.47 bits per heavy atom. The highest BCUT2D eigenvalue weighted by Crippen LogP contribution is 2.21. The van der Waals surface area contributed by atoms with Crippen LogP contribution in [0.5, 0.6) is 0 Å². The normalized spacial score (nSPS) is 13.6. The van der Waals surface area contributed by atoms with Crippen LogP contribution in [0.15, 0.2) is 23.1 Å². The zero-order valence-electron chi connectivity index (χ0n) is 9.50. The van der Waals surface area contributed by atoms with Gasteiger partial charge in [-0.3, -0.25) is 0 Å². The predicted molar refractivity (Wildman–Crippen MR) is 65.1 cm³/mol. The maximum atomic E-state index is 13.0. The third kappa shape index (κ3) is 3.92. The predicted octanol–water partition coefficient (Wildman–Crippen LogP) is 1.37. The van der Waals surface area contributed by atoms with Crippen LogP contribution >= 0.6 is 11.6 Å². The molecule has 0 fully saturated rings. The monoisotopic (exact) mass is 280 g/mol. The number of rotatable bonds is 5. The fraction of sp³-hybridized carbons (Fsp3) is 0.400. The topological polar surface area (TPSA) is 58.2 Å². The Labute approximate surface area is 105 Å². The second-order valence-electron chi connectivity index (χ2n) is 3.62. The highest BCUT2D eigenvalue weighted by molar-refractivity contribution is 7.89. The summed E-state index contributed by atoms with van der Waals surface area (Å²) in [5, 5.41) is 2.88.